The number of halogens is 3. The maximum atomic E-state index is 13.5. The van der Waals surface area contributed by atoms with Crippen molar-refractivity contribution in [2.24, 2.45) is 0 Å². The van der Waals surface area contributed by atoms with Crippen molar-refractivity contribution >= 4 is 15.7 Å². The molecule has 2 heterocycles. The van der Waals surface area contributed by atoms with Crippen LogP contribution in [0.2, 0.25) is 0 Å². The first-order valence-electron chi connectivity index (χ1n) is 10.7. The molecule has 3 aromatic rings. The summed E-state index contributed by atoms with van der Waals surface area (Å²) in [4.78, 5) is 5.94. The third kappa shape index (κ3) is 5.87. The predicted octanol–water partition coefficient (Wildman–Crippen LogP) is 4.57. The van der Waals surface area contributed by atoms with Gasteiger partial charge in [0.2, 0.25) is 0 Å². The van der Waals surface area contributed by atoms with Gasteiger partial charge in [0.1, 0.15) is 11.9 Å². The fraction of sp³-hybridized carbons (Fsp3) is 0.292. The lowest BCUT2D eigenvalue weighted by atomic mass is 10.1. The smallest absolute Gasteiger partial charge is 0.419 e. The molecule has 10 heteroatoms. The van der Waals surface area contributed by atoms with Gasteiger partial charge in [0.05, 0.1) is 16.1 Å². The minimum absolute atomic E-state index is 0.00443. The van der Waals surface area contributed by atoms with Crippen LogP contribution in [-0.2, 0) is 22.6 Å². The summed E-state index contributed by atoms with van der Waals surface area (Å²) in [6.07, 6.45) is -0.439. The van der Waals surface area contributed by atoms with Crippen molar-refractivity contribution in [3.63, 3.8) is 0 Å². The molecule has 34 heavy (non-hydrogen) atoms. The summed E-state index contributed by atoms with van der Waals surface area (Å²) in [5.74, 6) is -0.388. The molecule has 0 amide bonds. The first-order chi connectivity index (χ1) is 16.1. The van der Waals surface area contributed by atoms with Gasteiger partial charge < -0.3 is 9.64 Å². The Morgan fingerprint density at radius 3 is 2.35 bits per heavy atom. The van der Waals surface area contributed by atoms with E-state index >= 15 is 0 Å². The molecule has 180 valence electrons. The molecular formula is C24H24F3N3O3S. The number of likely N-dealkylation sites (N-methyl/N-ethyl adjacent to an activating group) is 1. The summed E-state index contributed by atoms with van der Waals surface area (Å²) >= 11 is 0. The highest BCUT2D eigenvalue weighted by Gasteiger charge is 2.36. The van der Waals surface area contributed by atoms with Crippen LogP contribution in [-0.4, -0.2) is 44.5 Å². The number of pyridine rings is 1. The van der Waals surface area contributed by atoms with Crippen LogP contribution in [0.15, 0.2) is 71.9 Å². The summed E-state index contributed by atoms with van der Waals surface area (Å²) in [7, 11) is -2.15. The lowest BCUT2D eigenvalue weighted by molar-refractivity contribution is -0.139. The molecule has 4 rings (SSSR count). The largest absolute Gasteiger partial charge is 0.488 e. The number of nitrogens with one attached hydrogen (secondary N) is 1. The van der Waals surface area contributed by atoms with E-state index in [0.717, 1.165) is 35.9 Å². The lowest BCUT2D eigenvalue weighted by Gasteiger charge is -2.19. The van der Waals surface area contributed by atoms with Gasteiger partial charge >= 0.3 is 6.18 Å². The topological polar surface area (TPSA) is 71.5 Å². The highest BCUT2D eigenvalue weighted by molar-refractivity contribution is 7.92. The number of likely N-dealkylation sites (tertiary alicyclic amines) is 1. The Balaban J connectivity index is 1.53. The Morgan fingerprint density at radius 1 is 1.06 bits per heavy atom. The predicted molar refractivity (Wildman–Crippen MR) is 122 cm³/mol. The average molecular weight is 492 g/mol. The fourth-order valence-electron chi connectivity index (χ4n) is 3.82. The summed E-state index contributed by atoms with van der Waals surface area (Å²) in [6, 6.07) is 13.1. The van der Waals surface area contributed by atoms with Crippen LogP contribution in [0.3, 0.4) is 0 Å². The first-order valence-corrected chi connectivity index (χ1v) is 12.2. The molecule has 0 radical (unpaired) electrons. The Morgan fingerprint density at radius 2 is 1.74 bits per heavy atom. The molecule has 2 aromatic carbocycles. The second-order valence-corrected chi connectivity index (χ2v) is 9.96. The fourth-order valence-corrected chi connectivity index (χ4v) is 4.87. The monoisotopic (exact) mass is 491 g/mol. The summed E-state index contributed by atoms with van der Waals surface area (Å²) in [5.41, 5.74) is 1.01. The van der Waals surface area contributed by atoms with Gasteiger partial charge in [0.15, 0.2) is 0 Å². The Labute approximate surface area is 196 Å². The van der Waals surface area contributed by atoms with Crippen LogP contribution in [0.25, 0.3) is 0 Å². The molecule has 1 fully saturated rings. The second kappa shape index (κ2) is 9.63. The zero-order valence-electron chi connectivity index (χ0n) is 18.4. The maximum Gasteiger partial charge on any atom is 0.419 e. The first kappa shape index (κ1) is 24.0. The molecule has 1 aliphatic rings. The number of sulfonamides is 1. The van der Waals surface area contributed by atoms with E-state index in [-0.39, 0.29) is 16.3 Å². The van der Waals surface area contributed by atoms with Gasteiger partial charge in [-0.3, -0.25) is 9.71 Å². The van der Waals surface area contributed by atoms with Gasteiger partial charge in [0.25, 0.3) is 10.0 Å². The minimum atomic E-state index is -4.62. The molecule has 0 spiro atoms. The van der Waals surface area contributed by atoms with Crippen LogP contribution < -0.4 is 9.46 Å². The van der Waals surface area contributed by atoms with E-state index in [1.54, 1.807) is 24.5 Å². The molecule has 6 nitrogen and oxygen atoms in total. The SMILES string of the molecule is CN1CC[C@@H](Oc2cc(NS(=O)(=O)c3ccc(Cc4ccncc4)cc3)ccc2C(F)(F)F)C1. The lowest BCUT2D eigenvalue weighted by Crippen LogP contribution is -2.23. The van der Waals surface area contributed by atoms with Crippen LogP contribution in [0, 0.1) is 0 Å². The van der Waals surface area contributed by atoms with Crippen molar-refractivity contribution in [3.05, 3.63) is 83.7 Å². The van der Waals surface area contributed by atoms with Gasteiger partial charge in [-0.15, -0.1) is 0 Å². The van der Waals surface area contributed by atoms with E-state index in [0.29, 0.717) is 19.4 Å². The van der Waals surface area contributed by atoms with E-state index in [1.165, 1.54) is 12.1 Å². The molecule has 0 aliphatic carbocycles. The Bertz CT molecular complexity index is 1230. The number of ether oxygens (including phenoxy) is 1. The molecule has 0 bridgehead atoms. The van der Waals surface area contributed by atoms with Crippen molar-refractivity contribution < 1.29 is 26.3 Å². The Kier molecular flexibility index (Phi) is 6.81. The normalized spacial score (nSPS) is 17.0. The van der Waals surface area contributed by atoms with Gasteiger partial charge in [0, 0.05) is 31.5 Å². The molecule has 1 N–H and O–H groups in total. The third-order valence-corrected chi connectivity index (χ3v) is 6.97. The van der Waals surface area contributed by atoms with Crippen molar-refractivity contribution in [1.82, 2.24) is 9.88 Å². The number of hydrogen-bond acceptors (Lipinski definition) is 5. The zero-order chi connectivity index (χ0) is 24.3. The molecular weight excluding hydrogens is 467 g/mol. The van der Waals surface area contributed by atoms with Crippen molar-refractivity contribution in [2.75, 3.05) is 24.9 Å². The van der Waals surface area contributed by atoms with Gasteiger partial charge in [-0.1, -0.05) is 12.1 Å². The molecule has 0 saturated carbocycles. The van der Waals surface area contributed by atoms with Crippen molar-refractivity contribution in [2.45, 2.75) is 30.0 Å². The number of anilines is 1. The molecule has 1 aromatic heterocycles. The number of hydrogen-bond donors (Lipinski definition) is 1. The number of alkyl halides is 3. The minimum Gasteiger partial charge on any atom is -0.488 e. The molecule has 1 aliphatic heterocycles. The van der Waals surface area contributed by atoms with E-state index in [1.807, 2.05) is 24.1 Å². The van der Waals surface area contributed by atoms with Crippen LogP contribution >= 0.6 is 0 Å². The number of rotatable bonds is 7. The third-order valence-electron chi connectivity index (χ3n) is 5.57. The van der Waals surface area contributed by atoms with E-state index < -0.39 is 27.9 Å². The molecule has 1 saturated heterocycles. The number of aromatic nitrogens is 1. The van der Waals surface area contributed by atoms with Crippen LogP contribution in [0.1, 0.15) is 23.1 Å². The van der Waals surface area contributed by atoms with Crippen LogP contribution in [0.5, 0.6) is 5.75 Å². The molecule has 0 unspecified atom stereocenters. The van der Waals surface area contributed by atoms with Gasteiger partial charge in [-0.05, 0) is 67.4 Å². The van der Waals surface area contributed by atoms with Gasteiger partial charge in [-0.25, -0.2) is 8.42 Å². The van der Waals surface area contributed by atoms with Crippen LogP contribution in [0.4, 0.5) is 18.9 Å². The highest BCUT2D eigenvalue weighted by Crippen LogP contribution is 2.39. The van der Waals surface area contributed by atoms with E-state index in [4.69, 9.17) is 4.74 Å². The summed E-state index contributed by atoms with van der Waals surface area (Å²) in [5, 5.41) is 0. The number of nitrogens with zero attached hydrogens (tertiary/aromatic N) is 2. The maximum absolute atomic E-state index is 13.5. The average Bonchev–Trinajstić information content (AvgIpc) is 3.18. The van der Waals surface area contributed by atoms with Gasteiger partial charge in [-0.2, -0.15) is 13.2 Å². The van der Waals surface area contributed by atoms with Crippen molar-refractivity contribution in [1.29, 1.82) is 0 Å². The Hall–Kier alpha value is -3.11. The zero-order valence-corrected chi connectivity index (χ0v) is 19.2. The molecule has 1 atom stereocenters. The summed E-state index contributed by atoms with van der Waals surface area (Å²) < 4.78 is 74.2. The standard InChI is InChI=1S/C24H24F3N3O3S/c1-30-13-10-20(16-30)33-23-15-19(4-7-22(23)24(25,26)27)29-34(31,32)21-5-2-17(3-6-21)14-18-8-11-28-12-9-18/h2-9,11-12,15,20,29H,10,13-14,16H2,1H3/t20-/m1/s1. The quantitative estimate of drug-likeness (QED) is 0.524. The van der Waals surface area contributed by atoms with E-state index in [2.05, 4.69) is 9.71 Å². The highest BCUT2D eigenvalue weighted by atomic mass is 32.2. The second-order valence-electron chi connectivity index (χ2n) is 8.28. The number of benzene rings is 2. The van der Waals surface area contributed by atoms with E-state index in [9.17, 15) is 21.6 Å². The summed E-state index contributed by atoms with van der Waals surface area (Å²) in [6.45, 7) is 1.22. The van der Waals surface area contributed by atoms with Crippen molar-refractivity contribution in [3.8, 4) is 5.75 Å².